The normalized spacial score (nSPS) is 18.1. The second-order valence-electron chi connectivity index (χ2n) is 13.0. The molecule has 4 aromatic carbocycles. The number of aliphatic hydroxyl groups excluding tert-OH is 2. The number of hydrogen-bond acceptors (Lipinski definition) is 6. The molecule has 0 unspecified atom stereocenters. The van der Waals surface area contributed by atoms with Gasteiger partial charge in [0.25, 0.3) is 5.91 Å². The van der Waals surface area contributed by atoms with Crippen LogP contribution in [-0.4, -0.2) is 66.9 Å². The molecule has 2 fully saturated rings. The molecule has 1 saturated carbocycles. The average molecular weight is 717 g/mol. The number of aliphatic hydroxyl groups is 2. The summed E-state index contributed by atoms with van der Waals surface area (Å²) in [6.07, 6.45) is 4.14. The molecule has 2 aliphatic rings. The molecule has 1 aliphatic carbocycles. The molecule has 260 valence electrons. The zero-order valence-corrected chi connectivity index (χ0v) is 28.9. The highest BCUT2D eigenvalue weighted by Crippen LogP contribution is 2.37. The Labute approximate surface area is 301 Å². The monoisotopic (exact) mass is 715 g/mol. The first-order chi connectivity index (χ1) is 23.7. The number of aromatic carboxylic acids is 1. The molecule has 0 radical (unpaired) electrons. The van der Waals surface area contributed by atoms with Gasteiger partial charge in [0.05, 0.1) is 28.8 Å². The average Bonchev–Trinajstić information content (AvgIpc) is 3.51. The number of carbonyl (C=O) groups excluding carboxylic acids is 1. The van der Waals surface area contributed by atoms with E-state index < -0.39 is 18.2 Å². The minimum Gasteiger partial charge on any atom is -0.489 e. The minimum absolute atomic E-state index is 0. The number of carbonyl (C=O) groups is 2. The fourth-order valence-corrected chi connectivity index (χ4v) is 7.18. The van der Waals surface area contributed by atoms with Crippen molar-refractivity contribution in [2.24, 2.45) is 0 Å². The third-order valence-corrected chi connectivity index (χ3v) is 9.98. The number of hydrogen-bond donors (Lipinski definition) is 3. The Morgan fingerprint density at radius 1 is 0.820 bits per heavy atom. The van der Waals surface area contributed by atoms with Gasteiger partial charge in [0.15, 0.2) is 0 Å². The molecule has 3 N–H and O–H groups in total. The third-order valence-electron chi connectivity index (χ3n) is 9.72. The van der Waals surface area contributed by atoms with Gasteiger partial charge in [-0.15, -0.1) is 12.4 Å². The molecule has 7 rings (SSSR count). The number of β-amino-alcohol motifs (C(OH)–C–C–N with tert-alkyl or cyclic N) is 1. The molecule has 5 aromatic rings. The summed E-state index contributed by atoms with van der Waals surface area (Å²) in [5.74, 6) is 0.263. The van der Waals surface area contributed by atoms with Crippen molar-refractivity contribution in [2.75, 3.05) is 13.1 Å². The second-order valence-corrected chi connectivity index (χ2v) is 13.4. The molecule has 9 nitrogen and oxygen atoms in total. The maximum Gasteiger partial charge on any atom is 0.335 e. The molecule has 50 heavy (non-hydrogen) atoms. The molecule has 1 amide bonds. The van der Waals surface area contributed by atoms with Crippen molar-refractivity contribution in [3.05, 3.63) is 107 Å². The Morgan fingerprint density at radius 2 is 1.52 bits per heavy atom. The quantitative estimate of drug-likeness (QED) is 0.150. The first kappa shape index (κ1) is 35.4. The highest BCUT2D eigenvalue weighted by Gasteiger charge is 2.29. The van der Waals surface area contributed by atoms with E-state index in [2.05, 4.69) is 4.57 Å². The van der Waals surface area contributed by atoms with Crippen molar-refractivity contribution in [2.45, 2.75) is 63.4 Å². The van der Waals surface area contributed by atoms with Crippen LogP contribution in [0, 0.1) is 0 Å². The van der Waals surface area contributed by atoms with Crippen LogP contribution in [0.15, 0.2) is 84.9 Å². The maximum atomic E-state index is 13.4. The van der Waals surface area contributed by atoms with Crippen LogP contribution in [0.1, 0.15) is 70.8 Å². The van der Waals surface area contributed by atoms with E-state index in [1.165, 1.54) is 6.42 Å². The fourth-order valence-electron chi connectivity index (χ4n) is 7.05. The molecule has 1 aliphatic heterocycles. The number of piperidine rings is 1. The lowest BCUT2D eigenvalue weighted by molar-refractivity contribution is -0.0321. The number of ether oxygens (including phenoxy) is 1. The van der Waals surface area contributed by atoms with Crippen LogP contribution >= 0.6 is 24.0 Å². The summed E-state index contributed by atoms with van der Waals surface area (Å²) in [4.78, 5) is 31.6. The number of amides is 1. The van der Waals surface area contributed by atoms with Gasteiger partial charge in [0.2, 0.25) is 0 Å². The van der Waals surface area contributed by atoms with E-state index in [0.717, 1.165) is 59.3 Å². The molecular weight excluding hydrogens is 677 g/mol. The Hall–Kier alpha value is -4.41. The molecule has 11 heteroatoms. The van der Waals surface area contributed by atoms with E-state index in [0.29, 0.717) is 40.9 Å². The van der Waals surface area contributed by atoms with Gasteiger partial charge in [-0.1, -0.05) is 49.1 Å². The van der Waals surface area contributed by atoms with Gasteiger partial charge in [-0.05, 0) is 103 Å². The number of likely N-dealkylation sites (tertiary alicyclic amines) is 1. The maximum absolute atomic E-state index is 13.4. The first-order valence-electron chi connectivity index (χ1n) is 16.8. The summed E-state index contributed by atoms with van der Waals surface area (Å²) in [5, 5.41) is 30.3. The van der Waals surface area contributed by atoms with Gasteiger partial charge in [0, 0.05) is 35.3 Å². The molecule has 2 heterocycles. The molecular formula is C39H39Cl2N3O6. The van der Waals surface area contributed by atoms with Crippen molar-refractivity contribution >= 4 is 46.9 Å². The topological polar surface area (TPSA) is 125 Å². The van der Waals surface area contributed by atoms with Crippen LogP contribution in [0.3, 0.4) is 0 Å². The molecule has 1 saturated heterocycles. The number of carboxylic acid groups (broad SMARTS) is 1. The third kappa shape index (κ3) is 7.37. The van der Waals surface area contributed by atoms with Crippen LogP contribution < -0.4 is 4.74 Å². The van der Waals surface area contributed by atoms with Gasteiger partial charge >= 0.3 is 5.97 Å². The Balaban J connectivity index is 0.00000432. The number of rotatable bonds is 8. The number of carboxylic acids is 1. The second kappa shape index (κ2) is 15.2. The summed E-state index contributed by atoms with van der Waals surface area (Å²) in [5.41, 5.74) is 5.85. The van der Waals surface area contributed by atoms with E-state index >= 15 is 0 Å². The molecule has 2 atom stereocenters. The fraction of sp³-hybridized carbons (Fsp3) is 0.308. The smallest absolute Gasteiger partial charge is 0.335 e. The predicted molar refractivity (Wildman–Crippen MR) is 195 cm³/mol. The van der Waals surface area contributed by atoms with Gasteiger partial charge in [0.1, 0.15) is 18.2 Å². The largest absolute Gasteiger partial charge is 0.489 e. The van der Waals surface area contributed by atoms with Crippen LogP contribution in [0.4, 0.5) is 0 Å². The van der Waals surface area contributed by atoms with Crippen LogP contribution in [0.2, 0.25) is 5.02 Å². The van der Waals surface area contributed by atoms with Crippen molar-refractivity contribution in [1.82, 2.24) is 14.5 Å². The van der Waals surface area contributed by atoms with E-state index in [9.17, 15) is 24.9 Å². The number of imidazole rings is 1. The van der Waals surface area contributed by atoms with E-state index in [4.69, 9.17) is 21.3 Å². The molecule has 0 spiro atoms. The summed E-state index contributed by atoms with van der Waals surface area (Å²) >= 11 is 6.17. The van der Waals surface area contributed by atoms with Crippen molar-refractivity contribution < 1.29 is 29.6 Å². The summed E-state index contributed by atoms with van der Waals surface area (Å²) in [6.45, 7) is 0.633. The van der Waals surface area contributed by atoms with E-state index in [1.807, 2.05) is 66.7 Å². The lowest BCUT2D eigenvalue weighted by atomic mass is 9.95. The zero-order chi connectivity index (χ0) is 34.1. The summed E-state index contributed by atoms with van der Waals surface area (Å²) in [6, 6.07) is 26.2. The standard InChI is InChI=1S/C39H38ClN3O6.ClH/c40-29-12-6-24(7-13-29)32-16-10-26(38(46)42-19-18-35(44)36(45)22-42)20-28(32)23-49-31-14-8-25(9-15-31)37-41-33-21-27(39(47)48)11-17-34(33)43(37)30-4-2-1-3-5-30;/h6-17,20-21,30,35-36,44-45H,1-5,18-19,22-23H2,(H,47,48);1H/t35-,36+;/m0./s1. The van der Waals surface area contributed by atoms with Gasteiger partial charge < -0.3 is 29.5 Å². The lowest BCUT2D eigenvalue weighted by Crippen LogP contribution is -2.48. The molecule has 0 bridgehead atoms. The van der Waals surface area contributed by atoms with Crippen LogP contribution in [-0.2, 0) is 6.61 Å². The van der Waals surface area contributed by atoms with Crippen LogP contribution in [0.5, 0.6) is 5.75 Å². The summed E-state index contributed by atoms with van der Waals surface area (Å²) in [7, 11) is 0. The highest BCUT2D eigenvalue weighted by molar-refractivity contribution is 6.30. The molecule has 1 aromatic heterocycles. The number of fused-ring (bicyclic) bond motifs is 1. The van der Waals surface area contributed by atoms with Gasteiger partial charge in [-0.3, -0.25) is 4.79 Å². The van der Waals surface area contributed by atoms with E-state index in [1.54, 1.807) is 23.1 Å². The minimum atomic E-state index is -0.976. The van der Waals surface area contributed by atoms with E-state index in [-0.39, 0.29) is 37.0 Å². The number of aromatic nitrogens is 2. The van der Waals surface area contributed by atoms with Crippen molar-refractivity contribution in [3.63, 3.8) is 0 Å². The first-order valence-corrected chi connectivity index (χ1v) is 17.2. The number of nitrogens with zero attached hydrogens (tertiary/aromatic N) is 3. The zero-order valence-electron chi connectivity index (χ0n) is 27.4. The van der Waals surface area contributed by atoms with Gasteiger partial charge in [-0.25, -0.2) is 9.78 Å². The Kier molecular flexibility index (Phi) is 10.8. The Bertz CT molecular complexity index is 1990. The van der Waals surface area contributed by atoms with Crippen LogP contribution in [0.25, 0.3) is 33.5 Å². The van der Waals surface area contributed by atoms with Crippen molar-refractivity contribution in [3.8, 4) is 28.3 Å². The predicted octanol–water partition coefficient (Wildman–Crippen LogP) is 7.80. The summed E-state index contributed by atoms with van der Waals surface area (Å²) < 4.78 is 8.59. The number of benzene rings is 4. The van der Waals surface area contributed by atoms with Crippen molar-refractivity contribution in [1.29, 1.82) is 0 Å². The Morgan fingerprint density at radius 3 is 2.22 bits per heavy atom. The SMILES string of the molecule is Cl.O=C(O)c1ccc2c(c1)nc(-c1ccc(OCc3cc(C(=O)N4CC[C@H](O)[C@H](O)C4)ccc3-c3ccc(Cl)cc3)cc1)n2C1CCCCC1. The number of halogens is 2. The highest BCUT2D eigenvalue weighted by atomic mass is 35.5. The lowest BCUT2D eigenvalue weighted by Gasteiger charge is -2.33. The van der Waals surface area contributed by atoms with Gasteiger partial charge in [-0.2, -0.15) is 0 Å².